The molecule has 49 heavy (non-hydrogen) atoms. The third-order valence-electron chi connectivity index (χ3n) is 10.9. The van der Waals surface area contributed by atoms with E-state index in [0.717, 1.165) is 37.7 Å². The maximum Gasteiger partial charge on any atom is 0.113 e. The van der Waals surface area contributed by atoms with Crippen molar-refractivity contribution in [2.24, 2.45) is 5.92 Å². The second-order valence-electron chi connectivity index (χ2n) is 13.7. The molecule has 0 aliphatic heterocycles. The molecule has 4 aromatic carbocycles. The number of hydrogen-bond acceptors (Lipinski definition) is 0. The molecule has 3 unspecified atom stereocenters. The van der Waals surface area contributed by atoms with Crippen LogP contribution in [-0.4, -0.2) is 39.2 Å². The maximum absolute atomic E-state index is 6.75. The number of benzene rings is 4. The molecule has 0 aromatic heterocycles. The Morgan fingerprint density at radius 1 is 0.592 bits per heavy atom. The van der Waals surface area contributed by atoms with Crippen LogP contribution < -0.4 is 27.3 Å². The first-order chi connectivity index (χ1) is 23.9. The van der Waals surface area contributed by atoms with Crippen LogP contribution >= 0.6 is 0 Å². The van der Waals surface area contributed by atoms with Crippen LogP contribution in [0.4, 0.5) is 0 Å². The average Bonchev–Trinajstić information content (AvgIpc) is 3.16. The van der Waals surface area contributed by atoms with E-state index in [0.29, 0.717) is 21.9 Å². The second-order valence-corrected chi connectivity index (χ2v) is 13.7. The van der Waals surface area contributed by atoms with Gasteiger partial charge in [-0.1, -0.05) is 121 Å². The highest BCUT2D eigenvalue weighted by atomic mass is 14.4. The van der Waals surface area contributed by atoms with Crippen molar-refractivity contribution < 1.29 is 0 Å². The molecule has 0 saturated carbocycles. The number of hydrogen-bond donors (Lipinski definition) is 0. The molecule has 5 heteroatoms. The van der Waals surface area contributed by atoms with Gasteiger partial charge in [0.2, 0.25) is 0 Å². The Labute approximate surface area is 297 Å². The third-order valence-corrected chi connectivity index (χ3v) is 10.9. The summed E-state index contributed by atoms with van der Waals surface area (Å²) in [6.07, 6.45) is 18.8. The van der Waals surface area contributed by atoms with E-state index in [1.54, 1.807) is 0 Å². The topological polar surface area (TPSA) is 0 Å². The van der Waals surface area contributed by atoms with Gasteiger partial charge in [-0.05, 0) is 99.8 Å². The van der Waals surface area contributed by atoms with Gasteiger partial charge in [-0.3, -0.25) is 0 Å². The van der Waals surface area contributed by atoms with Crippen molar-refractivity contribution in [3.05, 3.63) is 166 Å². The van der Waals surface area contributed by atoms with E-state index in [1.807, 2.05) is 0 Å². The van der Waals surface area contributed by atoms with Gasteiger partial charge in [-0.2, -0.15) is 0 Å². The molecule has 0 N–H and O–H groups in total. The van der Waals surface area contributed by atoms with Gasteiger partial charge in [0.15, 0.2) is 0 Å². The van der Waals surface area contributed by atoms with E-state index in [1.165, 1.54) is 55.7 Å². The summed E-state index contributed by atoms with van der Waals surface area (Å²) in [5.41, 5.74) is 15.6. The Kier molecular flexibility index (Phi) is 8.57. The Bertz CT molecular complexity index is 2120. The molecule has 8 rings (SSSR count). The molecular formula is C44H33B5. The summed E-state index contributed by atoms with van der Waals surface area (Å²) in [6, 6.07) is 30.8. The summed E-state index contributed by atoms with van der Waals surface area (Å²) in [7, 11) is 32.6. The molecule has 0 fully saturated rings. The normalized spacial score (nSPS) is 21.6. The molecule has 3 atom stereocenters. The van der Waals surface area contributed by atoms with Crippen molar-refractivity contribution in [1.82, 2.24) is 0 Å². The lowest BCUT2D eigenvalue weighted by atomic mass is 9.54. The Morgan fingerprint density at radius 2 is 1.22 bits per heavy atom. The SMILES string of the molecule is [B]c1c([B])c([B])c(C2C3=C(CCC=C3)C(c3cccc(C4=CC(c5ccccc5)=CC(c5ccccc5)C4)c3)=C3C=CCCC32)c([B])c1[B]. The first-order valence-electron chi connectivity index (χ1n) is 17.4. The van der Waals surface area contributed by atoms with Crippen LogP contribution in [0.5, 0.6) is 0 Å². The van der Waals surface area contributed by atoms with Crippen molar-refractivity contribution in [3.63, 3.8) is 0 Å². The fourth-order valence-electron chi connectivity index (χ4n) is 8.53. The lowest BCUT2D eigenvalue weighted by Gasteiger charge is -2.42. The molecule has 0 nitrogen and oxygen atoms in total. The second kappa shape index (κ2) is 13.2. The lowest BCUT2D eigenvalue weighted by Crippen LogP contribution is -2.57. The number of rotatable bonds is 5. The quantitative estimate of drug-likeness (QED) is 0.261. The number of fused-ring (bicyclic) bond motifs is 1. The van der Waals surface area contributed by atoms with Gasteiger partial charge in [0.05, 0.1) is 0 Å². The van der Waals surface area contributed by atoms with E-state index in [-0.39, 0.29) is 23.2 Å². The molecule has 10 radical (unpaired) electrons. The zero-order valence-electron chi connectivity index (χ0n) is 27.7. The molecular weight excluding hydrogens is 583 g/mol. The molecule has 4 aliphatic carbocycles. The highest BCUT2D eigenvalue weighted by Gasteiger charge is 2.39. The van der Waals surface area contributed by atoms with Crippen LogP contribution in [0, 0.1) is 5.92 Å². The fraction of sp³-hybridized carbons (Fsp3) is 0.182. The molecule has 224 valence electrons. The minimum atomic E-state index is -0.0603. The van der Waals surface area contributed by atoms with Crippen LogP contribution in [0.2, 0.25) is 0 Å². The molecule has 4 aliphatic rings. The predicted octanol–water partition coefficient (Wildman–Crippen LogP) is 5.47. The van der Waals surface area contributed by atoms with Crippen LogP contribution in [0.3, 0.4) is 0 Å². The summed E-state index contributed by atoms with van der Waals surface area (Å²) < 4.78 is 0. The van der Waals surface area contributed by atoms with Gasteiger partial charge in [-0.25, -0.2) is 0 Å². The minimum Gasteiger partial charge on any atom is -0.112 e. The van der Waals surface area contributed by atoms with Gasteiger partial charge >= 0.3 is 0 Å². The summed E-state index contributed by atoms with van der Waals surface area (Å²) in [4.78, 5) is 0. The van der Waals surface area contributed by atoms with Crippen molar-refractivity contribution >= 4 is 83.3 Å². The summed E-state index contributed by atoms with van der Waals surface area (Å²) >= 11 is 0. The van der Waals surface area contributed by atoms with Crippen molar-refractivity contribution in [1.29, 1.82) is 0 Å². The highest BCUT2D eigenvalue weighted by Crippen LogP contribution is 2.53. The predicted molar refractivity (Wildman–Crippen MR) is 213 cm³/mol. The van der Waals surface area contributed by atoms with Crippen LogP contribution in [-0.2, 0) is 0 Å². The van der Waals surface area contributed by atoms with E-state index in [2.05, 4.69) is 121 Å². The van der Waals surface area contributed by atoms with Crippen molar-refractivity contribution in [2.75, 3.05) is 0 Å². The maximum atomic E-state index is 6.75. The third kappa shape index (κ3) is 5.66. The first-order valence-corrected chi connectivity index (χ1v) is 17.4. The van der Waals surface area contributed by atoms with Gasteiger partial charge in [-0.15, -0.1) is 27.3 Å². The van der Waals surface area contributed by atoms with Crippen molar-refractivity contribution in [2.45, 2.75) is 43.9 Å². The van der Waals surface area contributed by atoms with Gasteiger partial charge in [0.25, 0.3) is 0 Å². The van der Waals surface area contributed by atoms with Crippen LogP contribution in [0.15, 0.2) is 138 Å². The lowest BCUT2D eigenvalue weighted by molar-refractivity contribution is 0.494. The Balaban J connectivity index is 1.27. The summed E-state index contributed by atoms with van der Waals surface area (Å²) in [5, 5.41) is 0. The molecule has 0 bridgehead atoms. The standard InChI is InChI=1S/C44H33B5/c45-40-39(41(46)43(48)44(49)42(40)47)38-35-20-9-7-18-33(35)37(34-19-8-10-21-36(34)38)29-17-11-16-28(22-29)32-24-30(26-12-3-1-4-13-26)23-31(25-32)27-14-5-2-6-15-27/h1-7,10-18,21-24,31,35,38H,8-9,19-20,25H2. The summed E-state index contributed by atoms with van der Waals surface area (Å²) in [6.45, 7) is 0. The molecule has 0 heterocycles. The molecule has 0 amide bonds. The molecule has 0 saturated heterocycles. The van der Waals surface area contributed by atoms with E-state index in [4.69, 9.17) is 39.2 Å². The Hall–Kier alpha value is -4.36. The molecule has 0 spiro atoms. The smallest absolute Gasteiger partial charge is 0.112 e. The van der Waals surface area contributed by atoms with Gasteiger partial charge < -0.3 is 0 Å². The zero-order chi connectivity index (χ0) is 33.6. The highest BCUT2D eigenvalue weighted by molar-refractivity contribution is 6.67. The van der Waals surface area contributed by atoms with E-state index < -0.39 is 0 Å². The van der Waals surface area contributed by atoms with Gasteiger partial charge in [0, 0.05) is 11.8 Å². The summed E-state index contributed by atoms with van der Waals surface area (Å²) in [5.74, 6) is 0.396. The first kappa shape index (κ1) is 31.9. The minimum absolute atomic E-state index is 0.0603. The number of allylic oxidation sites excluding steroid dienone is 12. The van der Waals surface area contributed by atoms with E-state index in [9.17, 15) is 0 Å². The van der Waals surface area contributed by atoms with Crippen molar-refractivity contribution in [3.8, 4) is 0 Å². The van der Waals surface area contributed by atoms with Gasteiger partial charge in [0.1, 0.15) is 39.2 Å². The van der Waals surface area contributed by atoms with E-state index >= 15 is 0 Å². The van der Waals surface area contributed by atoms with Crippen LogP contribution in [0.25, 0.3) is 16.7 Å². The zero-order valence-corrected chi connectivity index (χ0v) is 27.7. The molecule has 4 aromatic rings. The van der Waals surface area contributed by atoms with Crippen LogP contribution in [0.1, 0.15) is 71.8 Å². The Morgan fingerprint density at radius 3 is 1.98 bits per heavy atom. The fourth-order valence-corrected chi connectivity index (χ4v) is 8.53. The largest absolute Gasteiger partial charge is 0.113 e. The average molecular weight is 616 g/mol. The monoisotopic (exact) mass is 616 g/mol.